The lowest BCUT2D eigenvalue weighted by atomic mass is 9.88. The van der Waals surface area contributed by atoms with Crippen LogP contribution in [-0.4, -0.2) is 53.6 Å². The summed E-state index contributed by atoms with van der Waals surface area (Å²) in [5.41, 5.74) is -1.65. The number of hydrogen-bond acceptors (Lipinski definition) is 4. The van der Waals surface area contributed by atoms with E-state index in [-0.39, 0.29) is 17.6 Å². The number of amides is 1. The van der Waals surface area contributed by atoms with Crippen LogP contribution < -0.4 is 0 Å². The van der Waals surface area contributed by atoms with E-state index >= 15 is 0 Å². The Hall–Kier alpha value is -1.46. The number of allylic oxidation sites excluding steroid dienone is 2. The van der Waals surface area contributed by atoms with Crippen molar-refractivity contribution in [1.29, 1.82) is 0 Å². The number of ketones is 1. The number of hydrogen-bond donors (Lipinski definition) is 1. The van der Waals surface area contributed by atoms with Gasteiger partial charge < -0.3 is 14.7 Å². The van der Waals surface area contributed by atoms with Crippen LogP contribution in [0.4, 0.5) is 0 Å². The van der Waals surface area contributed by atoms with Gasteiger partial charge >= 0.3 is 0 Å². The first-order valence-electron chi connectivity index (χ1n) is 6.90. The van der Waals surface area contributed by atoms with Gasteiger partial charge in [-0.3, -0.25) is 9.59 Å². The van der Waals surface area contributed by atoms with Crippen LogP contribution in [0, 0.1) is 5.92 Å². The Labute approximate surface area is 118 Å². The van der Waals surface area contributed by atoms with Crippen molar-refractivity contribution in [3.8, 4) is 0 Å². The minimum Gasteiger partial charge on any atom is -0.374 e. The van der Waals surface area contributed by atoms with Gasteiger partial charge in [-0.2, -0.15) is 0 Å². The van der Waals surface area contributed by atoms with E-state index in [0.717, 1.165) is 0 Å². The quantitative estimate of drug-likeness (QED) is 0.825. The lowest BCUT2D eigenvalue weighted by Gasteiger charge is -2.38. The maximum atomic E-state index is 12.5. The molecule has 1 aliphatic heterocycles. The summed E-state index contributed by atoms with van der Waals surface area (Å²) in [6.45, 7) is 2.59. The van der Waals surface area contributed by atoms with Crippen molar-refractivity contribution in [3.05, 3.63) is 24.3 Å². The SMILES string of the molecule is CO[C@@H]1C=CC=C[C@]1(O)C(=O)N1CCC(C(C)=O)CC1. The molecule has 1 N–H and O–H groups in total. The maximum absolute atomic E-state index is 12.5. The molecule has 0 saturated carbocycles. The average Bonchev–Trinajstić information content (AvgIpc) is 2.47. The van der Waals surface area contributed by atoms with Crippen molar-refractivity contribution in [3.63, 3.8) is 0 Å². The summed E-state index contributed by atoms with van der Waals surface area (Å²) in [5, 5.41) is 10.6. The molecule has 1 fully saturated rings. The third-order valence-corrected chi connectivity index (χ3v) is 4.13. The second-order valence-electron chi connectivity index (χ2n) is 5.40. The van der Waals surface area contributed by atoms with E-state index in [1.165, 1.54) is 13.2 Å². The molecular weight excluding hydrogens is 258 g/mol. The Bertz CT molecular complexity index is 449. The van der Waals surface area contributed by atoms with E-state index in [9.17, 15) is 14.7 Å². The summed E-state index contributed by atoms with van der Waals surface area (Å²) in [5.74, 6) is -0.147. The van der Waals surface area contributed by atoms with Crippen molar-refractivity contribution in [2.45, 2.75) is 31.5 Å². The van der Waals surface area contributed by atoms with Crippen molar-refractivity contribution < 1.29 is 19.4 Å². The fraction of sp³-hybridized carbons (Fsp3) is 0.600. The molecular formula is C15H21NO4. The molecule has 0 bridgehead atoms. The molecule has 0 radical (unpaired) electrons. The number of rotatable bonds is 3. The average molecular weight is 279 g/mol. The minimum atomic E-state index is -1.65. The van der Waals surface area contributed by atoms with Crippen LogP contribution in [0.25, 0.3) is 0 Å². The van der Waals surface area contributed by atoms with Gasteiger partial charge in [0.1, 0.15) is 11.9 Å². The van der Waals surface area contributed by atoms with E-state index < -0.39 is 11.7 Å². The number of ether oxygens (including phenoxy) is 1. The smallest absolute Gasteiger partial charge is 0.261 e. The number of methoxy groups -OCH3 is 1. The number of aliphatic hydroxyl groups is 1. The molecule has 2 rings (SSSR count). The van der Waals surface area contributed by atoms with Crippen molar-refractivity contribution >= 4 is 11.7 Å². The van der Waals surface area contributed by atoms with Gasteiger partial charge in [-0.05, 0) is 25.8 Å². The van der Waals surface area contributed by atoms with Gasteiger partial charge in [-0.25, -0.2) is 0 Å². The summed E-state index contributed by atoms with van der Waals surface area (Å²) in [4.78, 5) is 25.5. The van der Waals surface area contributed by atoms with E-state index in [0.29, 0.717) is 25.9 Å². The van der Waals surface area contributed by atoms with Gasteiger partial charge in [0.25, 0.3) is 5.91 Å². The first-order chi connectivity index (χ1) is 9.49. The summed E-state index contributed by atoms with van der Waals surface area (Å²) in [7, 11) is 1.47. The fourth-order valence-electron chi connectivity index (χ4n) is 2.80. The van der Waals surface area contributed by atoms with Crippen LogP contribution in [0.1, 0.15) is 19.8 Å². The van der Waals surface area contributed by atoms with Gasteiger partial charge in [-0.1, -0.05) is 18.2 Å². The second-order valence-corrected chi connectivity index (χ2v) is 5.40. The molecule has 2 atom stereocenters. The summed E-state index contributed by atoms with van der Waals surface area (Å²) in [6.07, 6.45) is 7.18. The van der Waals surface area contributed by atoms with E-state index in [4.69, 9.17) is 4.74 Å². The van der Waals surface area contributed by atoms with Crippen LogP contribution in [0.2, 0.25) is 0 Å². The van der Waals surface area contributed by atoms with Gasteiger partial charge in [-0.15, -0.1) is 0 Å². The molecule has 1 aliphatic carbocycles. The zero-order chi connectivity index (χ0) is 14.8. The summed E-state index contributed by atoms with van der Waals surface area (Å²) >= 11 is 0. The standard InChI is InChI=1S/C15H21NO4/c1-11(17)12-6-9-16(10-7-12)14(18)15(19)8-4-3-5-13(15)20-2/h3-5,8,12-13,19H,6-7,9-10H2,1-2H3/t13-,15-/m1/s1. The zero-order valence-electron chi connectivity index (χ0n) is 11.9. The van der Waals surface area contributed by atoms with Crippen molar-refractivity contribution in [2.24, 2.45) is 5.92 Å². The van der Waals surface area contributed by atoms with Gasteiger partial charge in [0.2, 0.25) is 0 Å². The van der Waals surface area contributed by atoms with E-state index in [2.05, 4.69) is 0 Å². The Morgan fingerprint density at radius 1 is 1.30 bits per heavy atom. The highest BCUT2D eigenvalue weighted by Crippen LogP contribution is 2.26. The van der Waals surface area contributed by atoms with Gasteiger partial charge in [0, 0.05) is 26.1 Å². The molecule has 0 aromatic rings. The van der Waals surface area contributed by atoms with E-state index in [1.54, 1.807) is 30.1 Å². The van der Waals surface area contributed by atoms with Crippen LogP contribution in [0.3, 0.4) is 0 Å². The predicted octanol–water partition coefficient (Wildman–Crippen LogP) is 0.686. The highest BCUT2D eigenvalue weighted by molar-refractivity contribution is 5.89. The molecule has 0 unspecified atom stereocenters. The molecule has 0 spiro atoms. The molecule has 1 heterocycles. The van der Waals surface area contributed by atoms with Gasteiger partial charge in [0.05, 0.1) is 0 Å². The predicted molar refractivity (Wildman–Crippen MR) is 74.0 cm³/mol. The Morgan fingerprint density at radius 2 is 1.95 bits per heavy atom. The highest BCUT2D eigenvalue weighted by atomic mass is 16.5. The van der Waals surface area contributed by atoms with E-state index in [1.807, 2.05) is 0 Å². The second kappa shape index (κ2) is 5.89. The van der Waals surface area contributed by atoms with Gasteiger partial charge in [0.15, 0.2) is 5.60 Å². The number of Topliss-reactive ketones (excluding diaryl/α,β-unsaturated/α-hetero) is 1. The normalized spacial score (nSPS) is 30.6. The number of carbonyl (C=O) groups excluding carboxylic acids is 2. The van der Waals surface area contributed by atoms with Crippen LogP contribution in [-0.2, 0) is 14.3 Å². The molecule has 5 heteroatoms. The number of nitrogens with zero attached hydrogens (tertiary/aromatic N) is 1. The lowest BCUT2D eigenvalue weighted by molar-refractivity contribution is -0.157. The summed E-state index contributed by atoms with van der Waals surface area (Å²) in [6, 6.07) is 0. The molecule has 110 valence electrons. The molecule has 1 amide bonds. The Kier molecular flexibility index (Phi) is 4.40. The molecule has 0 aromatic heterocycles. The third-order valence-electron chi connectivity index (χ3n) is 4.13. The zero-order valence-corrected chi connectivity index (χ0v) is 11.9. The molecule has 1 saturated heterocycles. The Balaban J connectivity index is 2.06. The monoisotopic (exact) mass is 279 g/mol. The largest absolute Gasteiger partial charge is 0.374 e. The van der Waals surface area contributed by atoms with Crippen molar-refractivity contribution in [1.82, 2.24) is 4.90 Å². The van der Waals surface area contributed by atoms with Crippen LogP contribution in [0.5, 0.6) is 0 Å². The first kappa shape index (κ1) is 14.9. The molecule has 20 heavy (non-hydrogen) atoms. The summed E-state index contributed by atoms with van der Waals surface area (Å²) < 4.78 is 5.19. The lowest BCUT2D eigenvalue weighted by Crippen LogP contribution is -2.57. The number of likely N-dealkylation sites (tertiary alicyclic amines) is 1. The fourth-order valence-corrected chi connectivity index (χ4v) is 2.80. The highest BCUT2D eigenvalue weighted by Gasteiger charge is 2.45. The van der Waals surface area contributed by atoms with Crippen LogP contribution in [0.15, 0.2) is 24.3 Å². The van der Waals surface area contributed by atoms with Crippen molar-refractivity contribution in [2.75, 3.05) is 20.2 Å². The minimum absolute atomic E-state index is 0.0358. The molecule has 2 aliphatic rings. The topological polar surface area (TPSA) is 66.8 Å². The Morgan fingerprint density at radius 3 is 2.50 bits per heavy atom. The number of carbonyl (C=O) groups is 2. The first-order valence-corrected chi connectivity index (χ1v) is 6.90. The maximum Gasteiger partial charge on any atom is 0.261 e. The van der Waals surface area contributed by atoms with Crippen LogP contribution >= 0.6 is 0 Å². The molecule has 5 nitrogen and oxygen atoms in total. The number of piperidine rings is 1. The molecule has 0 aromatic carbocycles. The third kappa shape index (κ3) is 2.69.